The van der Waals surface area contributed by atoms with Crippen molar-refractivity contribution in [1.82, 2.24) is 5.32 Å². The largest absolute Gasteiger partial charge is 0.480 e. The van der Waals surface area contributed by atoms with Crippen LogP contribution in [-0.4, -0.2) is 34.4 Å². The van der Waals surface area contributed by atoms with E-state index in [1.54, 1.807) is 20.8 Å². The Kier molecular flexibility index (Phi) is 4.21. The summed E-state index contributed by atoms with van der Waals surface area (Å²) in [6.45, 7) is 5.38. The van der Waals surface area contributed by atoms with Gasteiger partial charge in [0.25, 0.3) is 0 Å². The lowest BCUT2D eigenvalue weighted by Crippen LogP contribution is -2.53. The molecule has 1 rings (SSSR count). The molecule has 1 aliphatic carbocycles. The molecule has 18 heavy (non-hydrogen) atoms. The van der Waals surface area contributed by atoms with E-state index in [4.69, 9.17) is 15.6 Å². The van der Waals surface area contributed by atoms with Crippen LogP contribution >= 0.6 is 0 Å². The average molecular weight is 258 g/mol. The molecule has 0 aliphatic heterocycles. The second kappa shape index (κ2) is 5.14. The number of hydrogen-bond donors (Lipinski definition) is 3. The molecule has 0 spiro atoms. The molecule has 1 amide bonds. The van der Waals surface area contributed by atoms with Crippen molar-refractivity contribution in [3.8, 4) is 0 Å². The van der Waals surface area contributed by atoms with Crippen molar-refractivity contribution < 1.29 is 19.4 Å². The minimum atomic E-state index is -1.15. The van der Waals surface area contributed by atoms with Gasteiger partial charge in [-0.25, -0.2) is 4.79 Å². The van der Waals surface area contributed by atoms with E-state index in [9.17, 15) is 9.59 Å². The highest BCUT2D eigenvalue weighted by Crippen LogP contribution is 2.26. The Morgan fingerprint density at radius 1 is 1.33 bits per heavy atom. The van der Waals surface area contributed by atoms with E-state index in [1.165, 1.54) is 0 Å². The third kappa shape index (κ3) is 4.18. The summed E-state index contributed by atoms with van der Waals surface area (Å²) in [5.74, 6) is -0.974. The molecular weight excluding hydrogens is 236 g/mol. The van der Waals surface area contributed by atoms with Gasteiger partial charge in [0.05, 0.1) is 0 Å². The highest BCUT2D eigenvalue weighted by Gasteiger charge is 2.38. The fraction of sp³-hybridized carbons (Fsp3) is 0.833. The van der Waals surface area contributed by atoms with Crippen LogP contribution in [0.2, 0.25) is 0 Å². The molecule has 6 heteroatoms. The maximum absolute atomic E-state index is 11.5. The van der Waals surface area contributed by atoms with Gasteiger partial charge in [-0.2, -0.15) is 0 Å². The van der Waals surface area contributed by atoms with Crippen LogP contribution in [0, 0.1) is 0 Å². The number of aliphatic carboxylic acids is 1. The van der Waals surface area contributed by atoms with Gasteiger partial charge in [-0.05, 0) is 46.5 Å². The number of alkyl carbamates (subject to hydrolysis) is 1. The van der Waals surface area contributed by atoms with Gasteiger partial charge in [0, 0.05) is 6.04 Å². The number of nitrogens with two attached hydrogens (primary N) is 1. The standard InChI is InChI=1S/C12H22N2O4/c1-11(2,3)18-10(17)14-8-4-6-12(13,7-5-8)9(15)16/h8H,4-7,13H2,1-3H3,(H,14,17)(H,15,16). The monoisotopic (exact) mass is 258 g/mol. The molecule has 0 saturated heterocycles. The Morgan fingerprint density at radius 3 is 2.22 bits per heavy atom. The quantitative estimate of drug-likeness (QED) is 0.691. The molecule has 4 N–H and O–H groups in total. The number of carbonyl (C=O) groups excluding carboxylic acids is 1. The number of carboxylic acid groups (broad SMARTS) is 1. The Labute approximate surface area is 107 Å². The lowest BCUT2D eigenvalue weighted by molar-refractivity contribution is -0.144. The van der Waals surface area contributed by atoms with Crippen LogP contribution < -0.4 is 11.1 Å². The molecular formula is C12H22N2O4. The fourth-order valence-electron chi connectivity index (χ4n) is 1.97. The summed E-state index contributed by atoms with van der Waals surface area (Å²) in [5.41, 5.74) is 4.08. The van der Waals surface area contributed by atoms with Crippen LogP contribution in [0.5, 0.6) is 0 Å². The van der Waals surface area contributed by atoms with Gasteiger partial charge in [0.15, 0.2) is 0 Å². The first kappa shape index (κ1) is 14.8. The smallest absolute Gasteiger partial charge is 0.407 e. The zero-order valence-corrected chi connectivity index (χ0v) is 11.2. The Balaban J connectivity index is 2.41. The lowest BCUT2D eigenvalue weighted by atomic mass is 9.80. The zero-order valence-electron chi connectivity index (χ0n) is 11.2. The Hall–Kier alpha value is -1.30. The van der Waals surface area contributed by atoms with Gasteiger partial charge in [0.1, 0.15) is 11.1 Å². The van der Waals surface area contributed by atoms with Crippen LogP contribution in [0.25, 0.3) is 0 Å². The van der Waals surface area contributed by atoms with E-state index in [0.717, 1.165) is 0 Å². The van der Waals surface area contributed by atoms with Gasteiger partial charge >= 0.3 is 12.1 Å². The first-order chi connectivity index (χ1) is 8.12. The molecule has 1 fully saturated rings. The van der Waals surface area contributed by atoms with E-state index in [-0.39, 0.29) is 6.04 Å². The molecule has 0 aromatic heterocycles. The summed E-state index contributed by atoms with van der Waals surface area (Å²) in [7, 11) is 0. The van der Waals surface area contributed by atoms with Crippen LogP contribution in [0.1, 0.15) is 46.5 Å². The Morgan fingerprint density at radius 2 is 1.83 bits per heavy atom. The number of nitrogens with one attached hydrogen (secondary N) is 1. The summed E-state index contributed by atoms with van der Waals surface area (Å²) in [4.78, 5) is 22.5. The predicted octanol–water partition coefficient (Wildman–Crippen LogP) is 1.24. The van der Waals surface area contributed by atoms with E-state index in [2.05, 4.69) is 5.32 Å². The molecule has 1 aliphatic rings. The van der Waals surface area contributed by atoms with Gasteiger partial charge in [0.2, 0.25) is 0 Å². The summed E-state index contributed by atoms with van der Waals surface area (Å²) in [6, 6.07) is -0.0594. The third-order valence-corrected chi connectivity index (χ3v) is 3.02. The van der Waals surface area contributed by atoms with Crippen LogP contribution in [0.4, 0.5) is 4.79 Å². The second-order valence-corrected chi connectivity index (χ2v) is 5.88. The molecule has 0 aromatic rings. The highest BCUT2D eigenvalue weighted by molar-refractivity contribution is 5.78. The van der Waals surface area contributed by atoms with Crippen LogP contribution in [-0.2, 0) is 9.53 Å². The predicted molar refractivity (Wildman–Crippen MR) is 66.2 cm³/mol. The summed E-state index contributed by atoms with van der Waals surface area (Å²) >= 11 is 0. The first-order valence-electron chi connectivity index (χ1n) is 6.14. The topological polar surface area (TPSA) is 102 Å². The fourth-order valence-corrected chi connectivity index (χ4v) is 1.97. The van der Waals surface area contributed by atoms with E-state index in [0.29, 0.717) is 25.7 Å². The molecule has 0 aromatic carbocycles. The number of ether oxygens (including phenoxy) is 1. The summed E-state index contributed by atoms with van der Waals surface area (Å²) in [5, 5.41) is 11.7. The number of carbonyl (C=O) groups is 2. The SMILES string of the molecule is CC(C)(C)OC(=O)NC1CCC(N)(C(=O)O)CC1. The number of hydrogen-bond acceptors (Lipinski definition) is 4. The van der Waals surface area contributed by atoms with Crippen LogP contribution in [0.15, 0.2) is 0 Å². The highest BCUT2D eigenvalue weighted by atomic mass is 16.6. The van der Waals surface area contributed by atoms with Crippen molar-refractivity contribution in [3.63, 3.8) is 0 Å². The van der Waals surface area contributed by atoms with Crippen molar-refractivity contribution >= 4 is 12.1 Å². The van der Waals surface area contributed by atoms with E-state index in [1.807, 2.05) is 0 Å². The molecule has 1 saturated carbocycles. The van der Waals surface area contributed by atoms with Crippen molar-refractivity contribution in [3.05, 3.63) is 0 Å². The molecule has 0 bridgehead atoms. The van der Waals surface area contributed by atoms with Gasteiger partial charge in [-0.1, -0.05) is 0 Å². The van der Waals surface area contributed by atoms with Gasteiger partial charge in [-0.3, -0.25) is 4.79 Å². The molecule has 0 atom stereocenters. The maximum atomic E-state index is 11.5. The molecule has 6 nitrogen and oxygen atoms in total. The molecule has 104 valence electrons. The normalized spacial score (nSPS) is 28.6. The van der Waals surface area contributed by atoms with Crippen molar-refractivity contribution in [1.29, 1.82) is 0 Å². The Bertz CT molecular complexity index is 327. The zero-order chi connectivity index (χ0) is 14.0. The minimum Gasteiger partial charge on any atom is -0.480 e. The van der Waals surface area contributed by atoms with Crippen molar-refractivity contribution in [2.75, 3.05) is 0 Å². The number of rotatable bonds is 2. The third-order valence-electron chi connectivity index (χ3n) is 3.02. The second-order valence-electron chi connectivity index (χ2n) is 5.88. The van der Waals surface area contributed by atoms with Crippen LogP contribution in [0.3, 0.4) is 0 Å². The molecule has 0 heterocycles. The van der Waals surface area contributed by atoms with E-state index < -0.39 is 23.2 Å². The molecule has 0 unspecified atom stereocenters. The lowest BCUT2D eigenvalue weighted by Gasteiger charge is -2.34. The van der Waals surface area contributed by atoms with Gasteiger partial charge < -0.3 is 20.9 Å². The molecule has 0 radical (unpaired) electrons. The van der Waals surface area contributed by atoms with Crippen molar-refractivity contribution in [2.45, 2.75) is 63.6 Å². The number of carboxylic acids is 1. The van der Waals surface area contributed by atoms with Crippen molar-refractivity contribution in [2.24, 2.45) is 5.73 Å². The summed E-state index contributed by atoms with van der Waals surface area (Å²) in [6.07, 6.45) is 1.38. The van der Waals surface area contributed by atoms with E-state index >= 15 is 0 Å². The summed E-state index contributed by atoms with van der Waals surface area (Å²) < 4.78 is 5.14. The first-order valence-corrected chi connectivity index (χ1v) is 6.14. The minimum absolute atomic E-state index is 0.0594. The van der Waals surface area contributed by atoms with Gasteiger partial charge in [-0.15, -0.1) is 0 Å². The maximum Gasteiger partial charge on any atom is 0.407 e. The average Bonchev–Trinajstić information content (AvgIpc) is 2.18. The number of amides is 1.